The normalized spacial score (nSPS) is 12.8. The van der Waals surface area contributed by atoms with Crippen molar-refractivity contribution >= 4 is 34.0 Å². The Morgan fingerprint density at radius 2 is 2.10 bits per heavy atom. The maximum atomic E-state index is 12.5. The first-order valence-corrected chi connectivity index (χ1v) is 11.5. The first-order valence-electron chi connectivity index (χ1n) is 9.69. The number of nitrogens with one attached hydrogen (secondary N) is 1. The summed E-state index contributed by atoms with van der Waals surface area (Å²) < 4.78 is 7.54. The molecule has 1 N–H and O–H groups in total. The first-order chi connectivity index (χ1) is 14.7. The van der Waals surface area contributed by atoms with E-state index in [1.54, 1.807) is 0 Å². The molecule has 0 radical (unpaired) electrons. The molecule has 1 amide bonds. The summed E-state index contributed by atoms with van der Waals surface area (Å²) in [4.78, 5) is 13.7. The van der Waals surface area contributed by atoms with Crippen molar-refractivity contribution in [2.75, 3.05) is 11.1 Å². The van der Waals surface area contributed by atoms with Gasteiger partial charge in [0.2, 0.25) is 5.91 Å². The van der Waals surface area contributed by atoms with Crippen molar-refractivity contribution in [3.05, 3.63) is 52.2 Å². The van der Waals surface area contributed by atoms with Crippen molar-refractivity contribution in [1.82, 2.24) is 14.8 Å². The summed E-state index contributed by atoms with van der Waals surface area (Å²) in [6.07, 6.45) is 4.16. The number of rotatable bonds is 7. The average molecular weight is 440 g/mol. The van der Waals surface area contributed by atoms with Crippen LogP contribution in [0.1, 0.15) is 34.7 Å². The molecule has 1 aromatic carbocycles. The second-order valence-corrected chi connectivity index (χ2v) is 8.97. The lowest BCUT2D eigenvalue weighted by Gasteiger charge is -2.09. The summed E-state index contributed by atoms with van der Waals surface area (Å²) in [5, 5.41) is 22.1. The zero-order valence-corrected chi connectivity index (χ0v) is 18.2. The van der Waals surface area contributed by atoms with Crippen LogP contribution in [0.5, 0.6) is 5.75 Å². The summed E-state index contributed by atoms with van der Waals surface area (Å²) in [6, 6.07) is 11.8. The molecule has 2 heterocycles. The second-order valence-electron chi connectivity index (χ2n) is 6.92. The standard InChI is InChI=1S/C21H21N5O2S2/c1-26-18(12-28-14-7-3-2-4-8-14)24-25-21(26)29-13-19(27)23-20-16(11-22)15-9-5-6-10-17(15)30-20/h2-4,7-8H,5-6,9-10,12-13H2,1H3,(H,23,27). The predicted octanol–water partition coefficient (Wildman–Crippen LogP) is 3.94. The Morgan fingerprint density at radius 1 is 1.30 bits per heavy atom. The number of thioether (sulfide) groups is 1. The fourth-order valence-electron chi connectivity index (χ4n) is 3.33. The second kappa shape index (κ2) is 9.32. The van der Waals surface area contributed by atoms with E-state index in [1.807, 2.05) is 41.9 Å². The Labute approximate surface area is 183 Å². The number of para-hydroxylation sites is 1. The number of fused-ring (bicyclic) bond motifs is 1. The molecule has 0 aliphatic heterocycles. The summed E-state index contributed by atoms with van der Waals surface area (Å²) in [6.45, 7) is 0.298. The van der Waals surface area contributed by atoms with Gasteiger partial charge < -0.3 is 14.6 Å². The SMILES string of the molecule is Cn1c(COc2ccccc2)nnc1SCC(=O)Nc1sc2c(c1C#N)CCCC2. The monoisotopic (exact) mass is 439 g/mol. The lowest BCUT2D eigenvalue weighted by atomic mass is 9.96. The Kier molecular flexibility index (Phi) is 6.35. The largest absolute Gasteiger partial charge is 0.486 e. The molecule has 7 nitrogen and oxygen atoms in total. The van der Waals surface area contributed by atoms with E-state index in [-0.39, 0.29) is 11.7 Å². The Bertz CT molecular complexity index is 1090. The average Bonchev–Trinajstić information content (AvgIpc) is 3.30. The number of carbonyl (C=O) groups is 1. The number of thiophene rings is 1. The number of nitriles is 1. The number of amides is 1. The molecule has 0 atom stereocenters. The summed E-state index contributed by atoms with van der Waals surface area (Å²) in [5.74, 6) is 1.49. The molecule has 0 saturated carbocycles. The van der Waals surface area contributed by atoms with E-state index < -0.39 is 0 Å². The molecule has 0 fully saturated rings. The van der Waals surface area contributed by atoms with Crippen molar-refractivity contribution in [1.29, 1.82) is 5.26 Å². The Balaban J connectivity index is 1.34. The van der Waals surface area contributed by atoms with Gasteiger partial charge in [0.1, 0.15) is 23.4 Å². The van der Waals surface area contributed by atoms with E-state index in [2.05, 4.69) is 21.6 Å². The summed E-state index contributed by atoms with van der Waals surface area (Å²) >= 11 is 2.84. The van der Waals surface area contributed by atoms with Crippen LogP contribution in [0.25, 0.3) is 0 Å². The van der Waals surface area contributed by atoms with E-state index >= 15 is 0 Å². The number of ether oxygens (including phenoxy) is 1. The maximum absolute atomic E-state index is 12.5. The number of anilines is 1. The Morgan fingerprint density at radius 3 is 2.90 bits per heavy atom. The quantitative estimate of drug-likeness (QED) is 0.561. The molecule has 0 spiro atoms. The van der Waals surface area contributed by atoms with Crippen LogP contribution in [-0.4, -0.2) is 26.4 Å². The minimum atomic E-state index is -0.153. The van der Waals surface area contributed by atoms with Gasteiger partial charge in [-0.15, -0.1) is 21.5 Å². The molecule has 0 bridgehead atoms. The molecule has 2 aromatic heterocycles. The van der Waals surface area contributed by atoms with Crippen LogP contribution in [0.15, 0.2) is 35.5 Å². The number of nitrogens with zero attached hydrogens (tertiary/aromatic N) is 4. The van der Waals surface area contributed by atoms with Gasteiger partial charge in [-0.25, -0.2) is 0 Å². The highest BCUT2D eigenvalue weighted by molar-refractivity contribution is 7.99. The fourth-order valence-corrected chi connectivity index (χ4v) is 5.31. The van der Waals surface area contributed by atoms with Crippen LogP contribution in [0.4, 0.5) is 5.00 Å². The number of carbonyl (C=O) groups excluding carboxylic acids is 1. The molecular weight excluding hydrogens is 418 g/mol. The fraction of sp³-hybridized carbons (Fsp3) is 0.333. The third-order valence-electron chi connectivity index (χ3n) is 4.90. The third-order valence-corrected chi connectivity index (χ3v) is 7.13. The molecular formula is C21H21N5O2S2. The molecule has 1 aliphatic rings. The van der Waals surface area contributed by atoms with Gasteiger partial charge in [0.25, 0.3) is 0 Å². The number of hydrogen-bond donors (Lipinski definition) is 1. The third kappa shape index (κ3) is 4.50. The summed E-state index contributed by atoms with van der Waals surface area (Å²) in [5.41, 5.74) is 1.75. The molecule has 4 rings (SSSR count). The van der Waals surface area contributed by atoms with E-state index in [1.165, 1.54) is 28.0 Å². The van der Waals surface area contributed by atoms with Crippen LogP contribution in [0.2, 0.25) is 0 Å². The zero-order chi connectivity index (χ0) is 20.9. The van der Waals surface area contributed by atoms with Crippen LogP contribution < -0.4 is 10.1 Å². The van der Waals surface area contributed by atoms with E-state index in [0.29, 0.717) is 28.2 Å². The predicted molar refractivity (Wildman–Crippen MR) is 117 cm³/mol. The van der Waals surface area contributed by atoms with Gasteiger partial charge in [0, 0.05) is 11.9 Å². The highest BCUT2D eigenvalue weighted by atomic mass is 32.2. The Hall–Kier alpha value is -2.83. The molecule has 154 valence electrons. The van der Waals surface area contributed by atoms with E-state index in [4.69, 9.17) is 4.74 Å². The minimum absolute atomic E-state index is 0.153. The number of aromatic nitrogens is 3. The van der Waals surface area contributed by atoms with Gasteiger partial charge in [-0.2, -0.15) is 5.26 Å². The van der Waals surface area contributed by atoms with Crippen LogP contribution in [0, 0.1) is 11.3 Å². The maximum Gasteiger partial charge on any atom is 0.235 e. The molecule has 30 heavy (non-hydrogen) atoms. The smallest absolute Gasteiger partial charge is 0.235 e. The number of aryl methyl sites for hydroxylation is 1. The van der Waals surface area contributed by atoms with Gasteiger partial charge in [0.15, 0.2) is 11.0 Å². The first kappa shape index (κ1) is 20.4. The van der Waals surface area contributed by atoms with Gasteiger partial charge in [-0.1, -0.05) is 30.0 Å². The van der Waals surface area contributed by atoms with Crippen LogP contribution >= 0.6 is 23.1 Å². The van der Waals surface area contributed by atoms with Crippen LogP contribution in [0.3, 0.4) is 0 Å². The minimum Gasteiger partial charge on any atom is -0.486 e. The van der Waals surface area contributed by atoms with Crippen molar-refractivity contribution < 1.29 is 9.53 Å². The van der Waals surface area contributed by atoms with Crippen molar-refractivity contribution in [2.24, 2.45) is 7.05 Å². The highest BCUT2D eigenvalue weighted by Crippen LogP contribution is 2.37. The molecule has 9 heteroatoms. The lowest BCUT2D eigenvalue weighted by molar-refractivity contribution is -0.113. The number of hydrogen-bond acceptors (Lipinski definition) is 7. The van der Waals surface area contributed by atoms with Crippen LogP contribution in [-0.2, 0) is 31.3 Å². The van der Waals surface area contributed by atoms with E-state index in [0.717, 1.165) is 37.0 Å². The highest BCUT2D eigenvalue weighted by Gasteiger charge is 2.22. The number of benzene rings is 1. The van der Waals surface area contributed by atoms with Crippen molar-refractivity contribution in [3.63, 3.8) is 0 Å². The summed E-state index contributed by atoms with van der Waals surface area (Å²) in [7, 11) is 1.85. The molecule has 0 unspecified atom stereocenters. The molecule has 1 aliphatic carbocycles. The molecule has 0 saturated heterocycles. The van der Waals surface area contributed by atoms with Gasteiger partial charge >= 0.3 is 0 Å². The van der Waals surface area contributed by atoms with Gasteiger partial charge in [-0.3, -0.25) is 4.79 Å². The molecule has 3 aromatic rings. The van der Waals surface area contributed by atoms with Crippen molar-refractivity contribution in [3.8, 4) is 11.8 Å². The van der Waals surface area contributed by atoms with Crippen molar-refractivity contribution in [2.45, 2.75) is 37.4 Å². The zero-order valence-electron chi connectivity index (χ0n) is 16.6. The lowest BCUT2D eigenvalue weighted by Crippen LogP contribution is -2.14. The van der Waals surface area contributed by atoms with Gasteiger partial charge in [0.05, 0.1) is 11.3 Å². The van der Waals surface area contributed by atoms with Gasteiger partial charge in [-0.05, 0) is 43.4 Å². The van der Waals surface area contributed by atoms with E-state index in [9.17, 15) is 10.1 Å². The topological polar surface area (TPSA) is 92.8 Å².